The molecule has 0 spiro atoms. The first-order valence-electron chi connectivity index (χ1n) is 5.94. The summed E-state index contributed by atoms with van der Waals surface area (Å²) in [4.78, 5) is 22.7. The highest BCUT2D eigenvalue weighted by Crippen LogP contribution is 2.07. The SMILES string of the molecule is CCOC(=O)C[C@H](C[N+](C)(C)C)OC(=O)CC. The summed E-state index contributed by atoms with van der Waals surface area (Å²) in [7, 11) is 5.95. The van der Waals surface area contributed by atoms with Crippen molar-refractivity contribution in [2.75, 3.05) is 34.3 Å². The van der Waals surface area contributed by atoms with Gasteiger partial charge in [-0.2, -0.15) is 0 Å². The molecule has 5 heteroatoms. The highest BCUT2D eigenvalue weighted by Gasteiger charge is 2.24. The minimum atomic E-state index is -0.415. The maximum Gasteiger partial charge on any atom is 0.309 e. The molecule has 0 rings (SSSR count). The van der Waals surface area contributed by atoms with E-state index in [1.807, 2.05) is 21.1 Å². The van der Waals surface area contributed by atoms with E-state index >= 15 is 0 Å². The third-order valence-electron chi connectivity index (χ3n) is 2.04. The number of hydrogen-bond donors (Lipinski definition) is 0. The summed E-state index contributed by atoms with van der Waals surface area (Å²) in [5, 5.41) is 0. The van der Waals surface area contributed by atoms with Crippen LogP contribution in [0.1, 0.15) is 26.7 Å². The maximum atomic E-state index is 11.4. The van der Waals surface area contributed by atoms with E-state index in [1.165, 1.54) is 0 Å². The van der Waals surface area contributed by atoms with Crippen molar-refractivity contribution in [3.05, 3.63) is 0 Å². The molecule has 0 saturated carbocycles. The molecule has 0 aliphatic carbocycles. The second kappa shape index (κ2) is 7.27. The van der Waals surface area contributed by atoms with Crippen molar-refractivity contribution in [3.63, 3.8) is 0 Å². The Kier molecular flexibility index (Phi) is 6.80. The molecule has 0 bridgehead atoms. The Bertz CT molecular complexity index is 258. The normalized spacial score (nSPS) is 13.0. The summed E-state index contributed by atoms with van der Waals surface area (Å²) in [6, 6.07) is 0. The van der Waals surface area contributed by atoms with Crippen molar-refractivity contribution in [2.24, 2.45) is 0 Å². The fraction of sp³-hybridized carbons (Fsp3) is 0.833. The zero-order valence-electron chi connectivity index (χ0n) is 11.5. The number of hydrogen-bond acceptors (Lipinski definition) is 4. The lowest BCUT2D eigenvalue weighted by molar-refractivity contribution is -0.873. The number of quaternary nitrogens is 1. The van der Waals surface area contributed by atoms with Crippen LogP contribution in [-0.2, 0) is 19.1 Å². The second-order valence-corrected chi connectivity index (χ2v) is 4.95. The Balaban J connectivity index is 4.39. The van der Waals surface area contributed by atoms with Crippen LogP contribution in [-0.4, -0.2) is 56.8 Å². The summed E-state index contributed by atoms with van der Waals surface area (Å²) in [6.07, 6.45) is 0.0208. The molecule has 0 amide bonds. The van der Waals surface area contributed by atoms with Gasteiger partial charge in [0.1, 0.15) is 6.54 Å². The molecule has 0 saturated heterocycles. The zero-order valence-corrected chi connectivity index (χ0v) is 11.5. The molecular formula is C12H24NO4+. The van der Waals surface area contributed by atoms with Gasteiger partial charge in [-0.05, 0) is 6.92 Å². The molecule has 0 aromatic heterocycles. The van der Waals surface area contributed by atoms with E-state index in [9.17, 15) is 9.59 Å². The van der Waals surface area contributed by atoms with Gasteiger partial charge >= 0.3 is 11.9 Å². The molecular weight excluding hydrogens is 222 g/mol. The molecule has 1 atom stereocenters. The molecule has 0 aromatic carbocycles. The molecule has 17 heavy (non-hydrogen) atoms. The molecule has 100 valence electrons. The number of nitrogens with zero attached hydrogens (tertiary/aromatic N) is 1. The number of esters is 2. The van der Waals surface area contributed by atoms with Crippen molar-refractivity contribution in [1.82, 2.24) is 0 Å². The monoisotopic (exact) mass is 246 g/mol. The van der Waals surface area contributed by atoms with Crippen LogP contribution in [0.2, 0.25) is 0 Å². The first-order valence-corrected chi connectivity index (χ1v) is 5.94. The number of carbonyl (C=O) groups is 2. The minimum Gasteiger partial charge on any atom is -0.466 e. The lowest BCUT2D eigenvalue weighted by Gasteiger charge is -2.28. The van der Waals surface area contributed by atoms with Crippen LogP contribution < -0.4 is 0 Å². The van der Waals surface area contributed by atoms with Crippen molar-refractivity contribution < 1.29 is 23.5 Å². The van der Waals surface area contributed by atoms with Gasteiger partial charge in [0.05, 0.1) is 34.2 Å². The number of rotatable bonds is 7. The standard InChI is InChI=1S/C12H24NO4/c1-6-11(14)17-10(9-13(3,4)5)8-12(15)16-7-2/h10H,6-9H2,1-5H3/q+1/t10-/m1/s1. The molecule has 0 aromatic rings. The van der Waals surface area contributed by atoms with Gasteiger partial charge in [0.2, 0.25) is 0 Å². The van der Waals surface area contributed by atoms with Crippen LogP contribution in [0.25, 0.3) is 0 Å². The van der Waals surface area contributed by atoms with Gasteiger partial charge in [-0.15, -0.1) is 0 Å². The number of ether oxygens (including phenoxy) is 2. The first kappa shape index (κ1) is 15.9. The van der Waals surface area contributed by atoms with Gasteiger partial charge in [0.15, 0.2) is 6.10 Å². The van der Waals surface area contributed by atoms with Crippen LogP contribution in [0.5, 0.6) is 0 Å². The van der Waals surface area contributed by atoms with Crippen LogP contribution in [0.3, 0.4) is 0 Å². The highest BCUT2D eigenvalue weighted by molar-refractivity contribution is 5.72. The van der Waals surface area contributed by atoms with E-state index in [0.717, 1.165) is 0 Å². The average Bonchev–Trinajstić information content (AvgIpc) is 2.14. The van der Waals surface area contributed by atoms with E-state index in [1.54, 1.807) is 13.8 Å². The predicted octanol–water partition coefficient (Wildman–Crippen LogP) is 0.968. The largest absolute Gasteiger partial charge is 0.466 e. The van der Waals surface area contributed by atoms with E-state index in [0.29, 0.717) is 24.1 Å². The van der Waals surface area contributed by atoms with E-state index in [2.05, 4.69) is 0 Å². The minimum absolute atomic E-state index is 0.120. The smallest absolute Gasteiger partial charge is 0.309 e. The molecule has 0 N–H and O–H groups in total. The third kappa shape index (κ3) is 8.68. The lowest BCUT2D eigenvalue weighted by Crippen LogP contribution is -2.43. The van der Waals surface area contributed by atoms with E-state index in [4.69, 9.17) is 9.47 Å². The van der Waals surface area contributed by atoms with Gasteiger partial charge in [0, 0.05) is 6.42 Å². The van der Waals surface area contributed by atoms with Crippen molar-refractivity contribution in [3.8, 4) is 0 Å². The molecule has 0 aliphatic rings. The summed E-state index contributed by atoms with van der Waals surface area (Å²) in [5.41, 5.74) is 0. The summed E-state index contributed by atoms with van der Waals surface area (Å²) < 4.78 is 10.7. The lowest BCUT2D eigenvalue weighted by atomic mass is 10.2. The summed E-state index contributed by atoms with van der Waals surface area (Å²) >= 11 is 0. The Morgan fingerprint density at radius 2 is 1.71 bits per heavy atom. The fourth-order valence-electron chi connectivity index (χ4n) is 1.43. The zero-order chi connectivity index (χ0) is 13.5. The highest BCUT2D eigenvalue weighted by atomic mass is 16.6. The topological polar surface area (TPSA) is 52.6 Å². The molecule has 0 aliphatic heterocycles. The summed E-state index contributed by atoms with van der Waals surface area (Å²) in [5.74, 6) is -0.609. The fourth-order valence-corrected chi connectivity index (χ4v) is 1.43. The Morgan fingerprint density at radius 1 is 1.12 bits per heavy atom. The number of carbonyl (C=O) groups excluding carboxylic acids is 2. The van der Waals surface area contributed by atoms with Gasteiger partial charge in [0.25, 0.3) is 0 Å². The summed E-state index contributed by atoms with van der Waals surface area (Å²) in [6.45, 7) is 4.42. The van der Waals surface area contributed by atoms with Crippen molar-refractivity contribution >= 4 is 11.9 Å². The average molecular weight is 246 g/mol. The molecule has 0 heterocycles. The molecule has 0 fully saturated rings. The van der Waals surface area contributed by atoms with Crippen LogP contribution in [0.15, 0.2) is 0 Å². The van der Waals surface area contributed by atoms with Crippen molar-refractivity contribution in [2.45, 2.75) is 32.8 Å². The third-order valence-corrected chi connectivity index (χ3v) is 2.04. The van der Waals surface area contributed by atoms with Gasteiger partial charge < -0.3 is 14.0 Å². The van der Waals surface area contributed by atoms with Gasteiger partial charge in [-0.25, -0.2) is 0 Å². The Hall–Kier alpha value is -1.10. The molecule has 0 unspecified atom stereocenters. The number of likely N-dealkylation sites (N-methyl/N-ethyl adjacent to an activating group) is 1. The maximum absolute atomic E-state index is 11.4. The van der Waals surface area contributed by atoms with E-state index in [-0.39, 0.29) is 18.4 Å². The Morgan fingerprint density at radius 3 is 2.12 bits per heavy atom. The predicted molar refractivity (Wildman–Crippen MR) is 64.3 cm³/mol. The quantitative estimate of drug-likeness (QED) is 0.496. The van der Waals surface area contributed by atoms with Gasteiger partial charge in [-0.3, -0.25) is 9.59 Å². The molecule has 0 radical (unpaired) electrons. The van der Waals surface area contributed by atoms with Crippen LogP contribution >= 0.6 is 0 Å². The van der Waals surface area contributed by atoms with Crippen LogP contribution in [0, 0.1) is 0 Å². The van der Waals surface area contributed by atoms with E-state index < -0.39 is 6.10 Å². The van der Waals surface area contributed by atoms with Gasteiger partial charge in [-0.1, -0.05) is 6.92 Å². The van der Waals surface area contributed by atoms with Crippen LogP contribution in [0.4, 0.5) is 0 Å². The Labute approximate surface area is 103 Å². The second-order valence-electron chi connectivity index (χ2n) is 4.95. The molecule has 5 nitrogen and oxygen atoms in total. The first-order chi connectivity index (χ1) is 7.78. The van der Waals surface area contributed by atoms with Crippen molar-refractivity contribution in [1.29, 1.82) is 0 Å².